The fraction of sp³-hybridized carbons (Fsp3) is 0.182. The number of halogens is 1. The third-order valence-electron chi connectivity index (χ3n) is 5.07. The summed E-state index contributed by atoms with van der Waals surface area (Å²) in [6, 6.07) is 15.2. The molecule has 0 bridgehead atoms. The highest BCUT2D eigenvalue weighted by atomic mass is 79.9. The summed E-state index contributed by atoms with van der Waals surface area (Å²) < 4.78 is 10.2. The second-order valence-electron chi connectivity index (χ2n) is 7.17. The number of hydrogen-bond donors (Lipinski definition) is 1. The fourth-order valence-electron chi connectivity index (χ4n) is 3.36. The van der Waals surface area contributed by atoms with Crippen LogP contribution in [0.5, 0.6) is 5.75 Å². The zero-order chi connectivity index (χ0) is 22.8. The van der Waals surface area contributed by atoms with Crippen LogP contribution in [0.25, 0.3) is 11.2 Å². The molecular weight excluding hydrogens is 476 g/mol. The van der Waals surface area contributed by atoms with Gasteiger partial charge in [0.25, 0.3) is 5.56 Å². The van der Waals surface area contributed by atoms with Gasteiger partial charge in [-0.1, -0.05) is 28.1 Å². The van der Waals surface area contributed by atoms with E-state index in [4.69, 9.17) is 4.74 Å². The van der Waals surface area contributed by atoms with E-state index >= 15 is 0 Å². The number of aromatic nitrogens is 4. The van der Waals surface area contributed by atoms with Crippen LogP contribution in [-0.4, -0.2) is 32.0 Å². The molecule has 0 aliphatic heterocycles. The lowest BCUT2D eigenvalue weighted by atomic mass is 10.2. The Bertz CT molecular complexity index is 1430. The molecule has 0 spiro atoms. The number of rotatable bonds is 6. The lowest BCUT2D eigenvalue weighted by Gasteiger charge is -2.09. The molecule has 0 saturated carbocycles. The Hall–Kier alpha value is -3.66. The zero-order valence-corrected chi connectivity index (χ0v) is 19.3. The summed E-state index contributed by atoms with van der Waals surface area (Å²) in [6.45, 7) is 0.365. The van der Waals surface area contributed by atoms with Gasteiger partial charge < -0.3 is 4.74 Å². The first-order valence-electron chi connectivity index (χ1n) is 9.73. The van der Waals surface area contributed by atoms with Crippen molar-refractivity contribution in [3.63, 3.8) is 0 Å². The molecule has 0 unspecified atom stereocenters. The summed E-state index contributed by atoms with van der Waals surface area (Å²) in [5.74, 6) is 1.10. The van der Waals surface area contributed by atoms with Crippen molar-refractivity contribution in [2.45, 2.75) is 6.54 Å². The molecule has 2 heterocycles. The van der Waals surface area contributed by atoms with Crippen molar-refractivity contribution >= 4 is 39.3 Å². The molecular formula is C22H21BrN6O3. The third kappa shape index (κ3) is 4.09. The lowest BCUT2D eigenvalue weighted by molar-refractivity contribution is 0.415. The first-order valence-corrected chi connectivity index (χ1v) is 10.5. The van der Waals surface area contributed by atoms with E-state index in [-0.39, 0.29) is 5.65 Å². The van der Waals surface area contributed by atoms with E-state index in [0.717, 1.165) is 25.9 Å². The molecule has 9 nitrogen and oxygen atoms in total. The van der Waals surface area contributed by atoms with Crippen molar-refractivity contribution < 1.29 is 4.74 Å². The highest BCUT2D eigenvalue weighted by molar-refractivity contribution is 9.10. The van der Waals surface area contributed by atoms with Crippen molar-refractivity contribution in [2.24, 2.45) is 19.2 Å². The van der Waals surface area contributed by atoms with Crippen LogP contribution in [0.15, 0.2) is 67.7 Å². The smallest absolute Gasteiger partial charge is 0.332 e. The summed E-state index contributed by atoms with van der Waals surface area (Å²) in [5, 5.41) is 4.28. The Morgan fingerprint density at radius 1 is 1.12 bits per heavy atom. The Kier molecular flexibility index (Phi) is 5.95. The first-order chi connectivity index (χ1) is 15.4. The number of ether oxygens (including phenoxy) is 1. The number of benzene rings is 2. The van der Waals surface area contributed by atoms with Crippen LogP contribution in [0.3, 0.4) is 0 Å². The van der Waals surface area contributed by atoms with Crippen molar-refractivity contribution in [3.8, 4) is 5.75 Å². The van der Waals surface area contributed by atoms with Gasteiger partial charge in [0.15, 0.2) is 11.2 Å². The van der Waals surface area contributed by atoms with Crippen molar-refractivity contribution in [1.29, 1.82) is 0 Å². The minimum Gasteiger partial charge on any atom is -0.497 e. The highest BCUT2D eigenvalue weighted by Crippen LogP contribution is 2.20. The van der Waals surface area contributed by atoms with Gasteiger partial charge >= 0.3 is 5.69 Å². The van der Waals surface area contributed by atoms with Crippen LogP contribution in [0.1, 0.15) is 11.1 Å². The lowest BCUT2D eigenvalue weighted by Crippen LogP contribution is -2.37. The molecule has 2 aromatic heterocycles. The highest BCUT2D eigenvalue weighted by Gasteiger charge is 2.19. The molecule has 4 rings (SSSR count). The molecule has 164 valence electrons. The van der Waals surface area contributed by atoms with Gasteiger partial charge in [0.1, 0.15) is 5.75 Å². The normalized spacial score (nSPS) is 11.4. The average molecular weight is 497 g/mol. The van der Waals surface area contributed by atoms with Crippen LogP contribution < -0.4 is 21.4 Å². The molecule has 0 fully saturated rings. The van der Waals surface area contributed by atoms with Crippen LogP contribution in [0.2, 0.25) is 0 Å². The minimum atomic E-state index is -0.442. The summed E-state index contributed by atoms with van der Waals surface area (Å²) in [5.41, 5.74) is 4.48. The summed E-state index contributed by atoms with van der Waals surface area (Å²) in [6.07, 6.45) is 1.64. The van der Waals surface area contributed by atoms with Crippen molar-refractivity contribution in [1.82, 2.24) is 18.7 Å². The average Bonchev–Trinajstić information content (AvgIpc) is 3.15. The number of methoxy groups -OCH3 is 1. The quantitative estimate of drug-likeness (QED) is 0.327. The van der Waals surface area contributed by atoms with Gasteiger partial charge in [-0.25, -0.2) is 10.2 Å². The van der Waals surface area contributed by atoms with Crippen LogP contribution >= 0.6 is 15.9 Å². The van der Waals surface area contributed by atoms with Gasteiger partial charge in [-0.15, -0.1) is 0 Å². The largest absolute Gasteiger partial charge is 0.497 e. The van der Waals surface area contributed by atoms with E-state index in [2.05, 4.69) is 31.4 Å². The number of nitrogens with one attached hydrogen (secondary N) is 1. The molecule has 4 aromatic rings. The van der Waals surface area contributed by atoms with Gasteiger partial charge in [0.2, 0.25) is 5.95 Å². The Balaban J connectivity index is 1.78. The van der Waals surface area contributed by atoms with Gasteiger partial charge in [-0.2, -0.15) is 10.1 Å². The monoisotopic (exact) mass is 496 g/mol. The number of nitrogens with zero attached hydrogens (tertiary/aromatic N) is 5. The predicted octanol–water partition coefficient (Wildman–Crippen LogP) is 2.70. The zero-order valence-electron chi connectivity index (χ0n) is 17.7. The van der Waals surface area contributed by atoms with Gasteiger partial charge in [0.05, 0.1) is 19.9 Å². The second-order valence-corrected chi connectivity index (χ2v) is 8.09. The fourth-order valence-corrected chi connectivity index (χ4v) is 3.80. The number of hydrazone groups is 1. The maximum atomic E-state index is 12.9. The summed E-state index contributed by atoms with van der Waals surface area (Å²) in [7, 11) is 4.65. The molecule has 0 atom stereocenters. The maximum absolute atomic E-state index is 12.9. The van der Waals surface area contributed by atoms with E-state index < -0.39 is 11.2 Å². The molecule has 32 heavy (non-hydrogen) atoms. The Morgan fingerprint density at radius 3 is 2.56 bits per heavy atom. The third-order valence-corrected chi connectivity index (χ3v) is 5.56. The molecule has 0 radical (unpaired) electrons. The first kappa shape index (κ1) is 21.6. The molecule has 0 amide bonds. The molecule has 10 heteroatoms. The molecule has 0 aliphatic rings. The van der Waals surface area contributed by atoms with Gasteiger partial charge in [0, 0.05) is 18.6 Å². The molecule has 2 aromatic carbocycles. The van der Waals surface area contributed by atoms with Crippen molar-refractivity contribution in [2.75, 3.05) is 12.5 Å². The molecule has 1 N–H and O–H groups in total. The van der Waals surface area contributed by atoms with Crippen molar-refractivity contribution in [3.05, 3.63) is 85.0 Å². The van der Waals surface area contributed by atoms with Crippen LogP contribution in [0.4, 0.5) is 5.95 Å². The Morgan fingerprint density at radius 2 is 1.88 bits per heavy atom. The number of fused-ring (bicyclic) bond motifs is 1. The summed E-state index contributed by atoms with van der Waals surface area (Å²) >= 11 is 3.48. The van der Waals surface area contributed by atoms with Crippen LogP contribution in [0, 0.1) is 0 Å². The number of hydrogen-bond acceptors (Lipinski definition) is 6. The SMILES string of the molecule is COc1ccc(/C=N/Nc2nc3c(c(=O)n(C)c(=O)n3C)n2Cc2cccc(Br)c2)cc1. The standard InChI is InChI=1S/C22H21BrN6O3/c1-27-19-18(20(30)28(2)22(27)31)29(13-15-5-4-6-16(23)11-15)21(25-19)26-24-12-14-7-9-17(32-3)10-8-14/h4-12H,13H2,1-3H3,(H,25,26)/b24-12+. The van der Waals surface area contributed by atoms with E-state index in [1.807, 2.05) is 48.5 Å². The van der Waals surface area contributed by atoms with E-state index in [1.54, 1.807) is 24.9 Å². The van der Waals surface area contributed by atoms with E-state index in [1.165, 1.54) is 11.6 Å². The Labute approximate surface area is 191 Å². The summed E-state index contributed by atoms with van der Waals surface area (Å²) in [4.78, 5) is 29.8. The predicted molar refractivity (Wildman–Crippen MR) is 128 cm³/mol. The van der Waals surface area contributed by atoms with E-state index in [9.17, 15) is 9.59 Å². The molecule has 0 aliphatic carbocycles. The molecule has 0 saturated heterocycles. The second kappa shape index (κ2) is 8.83. The maximum Gasteiger partial charge on any atom is 0.332 e. The van der Waals surface area contributed by atoms with Crippen LogP contribution in [-0.2, 0) is 20.6 Å². The van der Waals surface area contributed by atoms with Gasteiger partial charge in [-0.3, -0.25) is 18.5 Å². The number of aryl methyl sites for hydroxylation is 1. The topological polar surface area (TPSA) is 95.4 Å². The number of anilines is 1. The van der Waals surface area contributed by atoms with Gasteiger partial charge in [-0.05, 0) is 47.5 Å². The van der Waals surface area contributed by atoms with E-state index in [0.29, 0.717) is 18.0 Å². The number of imidazole rings is 1. The minimum absolute atomic E-state index is 0.287.